The number of aromatic nitrogens is 2. The molecular formula is C13H19ClN4O. The average Bonchev–Trinajstić information content (AvgIpc) is 2.93. The third-order valence-corrected chi connectivity index (χ3v) is 3.58. The molecule has 0 aromatic carbocycles. The topological polar surface area (TPSA) is 58.1 Å². The smallest absolute Gasteiger partial charge is 0.241 e. The van der Waals surface area contributed by atoms with Gasteiger partial charge in [0.1, 0.15) is 17.3 Å². The summed E-state index contributed by atoms with van der Waals surface area (Å²) in [6.45, 7) is 4.08. The maximum Gasteiger partial charge on any atom is 0.241 e. The first-order valence-electron chi connectivity index (χ1n) is 6.73. The first-order valence-corrected chi connectivity index (χ1v) is 7.11. The first-order chi connectivity index (χ1) is 9.22. The minimum absolute atomic E-state index is 0.120. The summed E-state index contributed by atoms with van der Waals surface area (Å²) in [5.41, 5.74) is 0.890. The van der Waals surface area contributed by atoms with Crippen LogP contribution in [0.1, 0.15) is 31.7 Å². The largest absolute Gasteiger partial charge is 0.361 e. The van der Waals surface area contributed by atoms with E-state index in [2.05, 4.69) is 22.2 Å². The van der Waals surface area contributed by atoms with Crippen molar-refractivity contribution in [3.05, 3.63) is 17.0 Å². The molecule has 6 heteroatoms. The number of nitrogens with one attached hydrogen (secondary N) is 1. The Morgan fingerprint density at radius 3 is 2.84 bits per heavy atom. The number of amides is 1. The molecule has 104 valence electrons. The van der Waals surface area contributed by atoms with Crippen molar-refractivity contribution < 1.29 is 4.79 Å². The Morgan fingerprint density at radius 2 is 2.16 bits per heavy atom. The fourth-order valence-electron chi connectivity index (χ4n) is 2.25. The standard InChI is InChI=1S/C13H19ClN4O/c1-2-5-10-12(14)16-9-17-13(10)15-8-11(19)18-6-3-4-7-18/h9H,2-8H2,1H3,(H,15,16,17). The average molecular weight is 283 g/mol. The lowest BCUT2D eigenvalue weighted by molar-refractivity contribution is -0.128. The van der Waals surface area contributed by atoms with Crippen LogP contribution in [0.5, 0.6) is 0 Å². The van der Waals surface area contributed by atoms with Gasteiger partial charge in [-0.15, -0.1) is 0 Å². The van der Waals surface area contributed by atoms with E-state index in [0.29, 0.717) is 11.0 Å². The van der Waals surface area contributed by atoms with Crippen molar-refractivity contribution in [2.24, 2.45) is 0 Å². The third-order valence-electron chi connectivity index (χ3n) is 3.26. The van der Waals surface area contributed by atoms with E-state index in [4.69, 9.17) is 11.6 Å². The molecule has 0 bridgehead atoms. The number of hydrogen-bond donors (Lipinski definition) is 1. The summed E-state index contributed by atoms with van der Waals surface area (Å²) >= 11 is 6.06. The number of rotatable bonds is 5. The molecule has 0 radical (unpaired) electrons. The van der Waals surface area contributed by atoms with Gasteiger partial charge in [-0.25, -0.2) is 9.97 Å². The number of halogens is 1. The quantitative estimate of drug-likeness (QED) is 0.841. The van der Waals surface area contributed by atoms with Crippen LogP contribution >= 0.6 is 11.6 Å². The van der Waals surface area contributed by atoms with Crippen molar-refractivity contribution >= 4 is 23.3 Å². The summed E-state index contributed by atoms with van der Waals surface area (Å²) in [6.07, 6.45) is 5.39. The van der Waals surface area contributed by atoms with E-state index >= 15 is 0 Å². The number of carbonyl (C=O) groups excluding carboxylic acids is 1. The lowest BCUT2D eigenvalue weighted by atomic mass is 10.2. The Morgan fingerprint density at radius 1 is 1.42 bits per heavy atom. The summed E-state index contributed by atoms with van der Waals surface area (Å²) in [5.74, 6) is 0.795. The maximum atomic E-state index is 12.0. The van der Waals surface area contributed by atoms with Crippen molar-refractivity contribution in [1.29, 1.82) is 0 Å². The maximum absolute atomic E-state index is 12.0. The fraction of sp³-hybridized carbons (Fsp3) is 0.615. The highest BCUT2D eigenvalue weighted by Gasteiger charge is 2.18. The molecule has 0 aliphatic carbocycles. The van der Waals surface area contributed by atoms with Crippen molar-refractivity contribution in [2.45, 2.75) is 32.6 Å². The molecule has 2 heterocycles. The predicted molar refractivity (Wildman–Crippen MR) is 75.3 cm³/mol. The molecule has 0 unspecified atom stereocenters. The van der Waals surface area contributed by atoms with Crippen LogP contribution in [-0.2, 0) is 11.2 Å². The molecule has 1 amide bonds. The molecule has 19 heavy (non-hydrogen) atoms. The van der Waals surface area contributed by atoms with Gasteiger partial charge in [0.05, 0.1) is 6.54 Å². The summed E-state index contributed by atoms with van der Waals surface area (Å²) in [5, 5.41) is 3.55. The predicted octanol–water partition coefficient (Wildman–Crippen LogP) is 2.12. The van der Waals surface area contributed by atoms with Gasteiger partial charge in [0.2, 0.25) is 5.91 Å². The molecule has 1 saturated heterocycles. The molecule has 1 fully saturated rings. The second-order valence-corrected chi connectivity index (χ2v) is 5.04. The number of likely N-dealkylation sites (tertiary alicyclic amines) is 1. The SMILES string of the molecule is CCCc1c(Cl)ncnc1NCC(=O)N1CCCC1. The van der Waals surface area contributed by atoms with Gasteiger partial charge in [0.15, 0.2) is 0 Å². The zero-order valence-electron chi connectivity index (χ0n) is 11.2. The van der Waals surface area contributed by atoms with Gasteiger partial charge in [-0.05, 0) is 19.3 Å². The molecule has 2 rings (SSSR count). The van der Waals surface area contributed by atoms with E-state index in [1.54, 1.807) is 0 Å². The number of anilines is 1. The van der Waals surface area contributed by atoms with Crippen molar-refractivity contribution in [1.82, 2.24) is 14.9 Å². The number of carbonyl (C=O) groups is 1. The zero-order chi connectivity index (χ0) is 13.7. The second kappa shape index (κ2) is 6.70. The Balaban J connectivity index is 1.98. The van der Waals surface area contributed by atoms with Crippen LogP contribution in [0.25, 0.3) is 0 Å². The van der Waals surface area contributed by atoms with Crippen molar-refractivity contribution in [2.75, 3.05) is 25.0 Å². The molecule has 1 N–H and O–H groups in total. The lowest BCUT2D eigenvalue weighted by Crippen LogP contribution is -2.33. The van der Waals surface area contributed by atoms with Crippen LogP contribution in [0.15, 0.2) is 6.33 Å². The van der Waals surface area contributed by atoms with Crippen LogP contribution in [0.3, 0.4) is 0 Å². The molecule has 0 spiro atoms. The van der Waals surface area contributed by atoms with Gasteiger partial charge in [-0.1, -0.05) is 24.9 Å². The van der Waals surface area contributed by atoms with E-state index in [1.807, 2.05) is 4.90 Å². The van der Waals surface area contributed by atoms with E-state index < -0.39 is 0 Å². The van der Waals surface area contributed by atoms with E-state index in [9.17, 15) is 4.79 Å². The highest BCUT2D eigenvalue weighted by atomic mass is 35.5. The normalized spacial score (nSPS) is 14.7. The first kappa shape index (κ1) is 14.1. The van der Waals surface area contributed by atoms with Crippen LogP contribution in [-0.4, -0.2) is 40.4 Å². The number of nitrogens with zero attached hydrogens (tertiary/aromatic N) is 3. The zero-order valence-corrected chi connectivity index (χ0v) is 11.9. The van der Waals surface area contributed by atoms with Crippen LogP contribution < -0.4 is 5.32 Å². The second-order valence-electron chi connectivity index (χ2n) is 4.68. The van der Waals surface area contributed by atoms with Gasteiger partial charge in [-0.2, -0.15) is 0 Å². The fourth-order valence-corrected chi connectivity index (χ4v) is 2.48. The van der Waals surface area contributed by atoms with Crippen molar-refractivity contribution in [3.8, 4) is 0 Å². The summed E-state index contributed by atoms with van der Waals surface area (Å²) < 4.78 is 0. The molecule has 1 aliphatic heterocycles. The molecule has 1 aromatic heterocycles. The van der Waals surface area contributed by atoms with E-state index in [-0.39, 0.29) is 12.5 Å². The number of hydrogen-bond acceptors (Lipinski definition) is 4. The highest BCUT2D eigenvalue weighted by molar-refractivity contribution is 6.30. The van der Waals surface area contributed by atoms with Crippen LogP contribution in [0.4, 0.5) is 5.82 Å². The molecule has 1 aromatic rings. The Labute approximate surface area is 118 Å². The highest BCUT2D eigenvalue weighted by Crippen LogP contribution is 2.21. The summed E-state index contributed by atoms with van der Waals surface area (Å²) in [4.78, 5) is 22.0. The van der Waals surface area contributed by atoms with E-state index in [0.717, 1.165) is 44.3 Å². The molecule has 1 aliphatic rings. The van der Waals surface area contributed by atoms with Crippen LogP contribution in [0, 0.1) is 0 Å². The Kier molecular flexibility index (Phi) is 4.96. The van der Waals surface area contributed by atoms with E-state index in [1.165, 1.54) is 6.33 Å². The van der Waals surface area contributed by atoms with Crippen molar-refractivity contribution in [3.63, 3.8) is 0 Å². The minimum atomic E-state index is 0.120. The minimum Gasteiger partial charge on any atom is -0.361 e. The lowest BCUT2D eigenvalue weighted by Gasteiger charge is -2.16. The monoisotopic (exact) mass is 282 g/mol. The van der Waals surface area contributed by atoms with Gasteiger partial charge < -0.3 is 10.2 Å². The van der Waals surface area contributed by atoms with Crippen LogP contribution in [0.2, 0.25) is 5.15 Å². The molecule has 0 atom stereocenters. The summed E-state index contributed by atoms with van der Waals surface area (Å²) in [7, 11) is 0. The molecule has 5 nitrogen and oxygen atoms in total. The molecule has 0 saturated carbocycles. The van der Waals surface area contributed by atoms with Gasteiger partial charge >= 0.3 is 0 Å². The van der Waals surface area contributed by atoms with Gasteiger partial charge in [0, 0.05) is 18.7 Å². The summed E-state index contributed by atoms with van der Waals surface area (Å²) in [6, 6.07) is 0. The molecular weight excluding hydrogens is 264 g/mol. The van der Waals surface area contributed by atoms with Gasteiger partial charge in [0.25, 0.3) is 0 Å². The Bertz CT molecular complexity index is 446. The van der Waals surface area contributed by atoms with Gasteiger partial charge in [-0.3, -0.25) is 4.79 Å². The Hall–Kier alpha value is -1.36. The third kappa shape index (κ3) is 3.56.